The van der Waals surface area contributed by atoms with E-state index in [0.29, 0.717) is 24.6 Å². The molecule has 2 heterocycles. The summed E-state index contributed by atoms with van der Waals surface area (Å²) in [5.74, 6) is -1.32. The number of piperidine rings is 1. The quantitative estimate of drug-likeness (QED) is 0.710. The number of anilines is 1. The van der Waals surface area contributed by atoms with E-state index in [9.17, 15) is 14.4 Å². The van der Waals surface area contributed by atoms with Crippen LogP contribution >= 0.6 is 11.3 Å². The predicted molar refractivity (Wildman–Crippen MR) is 116 cm³/mol. The summed E-state index contributed by atoms with van der Waals surface area (Å²) in [6, 6.07) is 8.15. The molecule has 1 aromatic carbocycles. The molecule has 1 aliphatic heterocycles. The summed E-state index contributed by atoms with van der Waals surface area (Å²) >= 11 is 1.32. The van der Waals surface area contributed by atoms with E-state index in [-0.39, 0.29) is 5.91 Å². The van der Waals surface area contributed by atoms with Crippen LogP contribution in [0.15, 0.2) is 29.6 Å². The maximum atomic E-state index is 12.4. The molecule has 1 aliphatic rings. The summed E-state index contributed by atoms with van der Waals surface area (Å²) in [7, 11) is 0. The number of carbonyl (C=O) groups excluding carboxylic acids is 3. The summed E-state index contributed by atoms with van der Waals surface area (Å²) in [5, 5.41) is 5.05. The first kappa shape index (κ1) is 22.0. The zero-order valence-electron chi connectivity index (χ0n) is 17.5. The SMILES string of the molecule is CCc1ccc(-c2csc(NC(=O)[C@@H](C)OC(=O)[C@@H]3CCCN(C(C)=O)C3)n2)cc1. The van der Waals surface area contributed by atoms with Gasteiger partial charge in [-0.3, -0.25) is 19.7 Å². The van der Waals surface area contributed by atoms with Crippen molar-refractivity contribution in [2.24, 2.45) is 5.92 Å². The number of hydrogen-bond donors (Lipinski definition) is 1. The third-order valence-corrected chi connectivity index (χ3v) is 6.01. The van der Waals surface area contributed by atoms with Crippen LogP contribution in [0.2, 0.25) is 0 Å². The molecule has 1 N–H and O–H groups in total. The van der Waals surface area contributed by atoms with Crippen molar-refractivity contribution in [3.63, 3.8) is 0 Å². The Morgan fingerprint density at radius 3 is 2.70 bits per heavy atom. The highest BCUT2D eigenvalue weighted by Gasteiger charge is 2.30. The lowest BCUT2D eigenvalue weighted by Gasteiger charge is -2.31. The lowest BCUT2D eigenvalue weighted by molar-refractivity contribution is -0.159. The largest absolute Gasteiger partial charge is 0.452 e. The van der Waals surface area contributed by atoms with Gasteiger partial charge in [0.1, 0.15) is 0 Å². The Hall–Kier alpha value is -2.74. The van der Waals surface area contributed by atoms with Crippen LogP contribution in [0.25, 0.3) is 11.3 Å². The van der Waals surface area contributed by atoms with E-state index >= 15 is 0 Å². The monoisotopic (exact) mass is 429 g/mol. The molecule has 1 fully saturated rings. The van der Waals surface area contributed by atoms with Crippen molar-refractivity contribution in [3.05, 3.63) is 35.2 Å². The number of thiazole rings is 1. The first-order valence-electron chi connectivity index (χ1n) is 10.2. The molecule has 2 aromatic rings. The van der Waals surface area contributed by atoms with Crippen LogP contribution in [0.3, 0.4) is 0 Å². The van der Waals surface area contributed by atoms with E-state index in [4.69, 9.17) is 4.74 Å². The van der Waals surface area contributed by atoms with Crippen LogP contribution in [0, 0.1) is 5.92 Å². The van der Waals surface area contributed by atoms with Crippen molar-refractivity contribution >= 4 is 34.3 Å². The highest BCUT2D eigenvalue weighted by molar-refractivity contribution is 7.14. The van der Waals surface area contributed by atoms with Crippen LogP contribution < -0.4 is 5.32 Å². The molecule has 7 nitrogen and oxygen atoms in total. The predicted octanol–water partition coefficient (Wildman–Crippen LogP) is 3.50. The van der Waals surface area contributed by atoms with Gasteiger partial charge < -0.3 is 9.64 Å². The Morgan fingerprint density at radius 1 is 1.30 bits per heavy atom. The third kappa shape index (κ3) is 5.44. The molecule has 0 bridgehead atoms. The van der Waals surface area contributed by atoms with E-state index in [0.717, 1.165) is 24.1 Å². The Labute approximate surface area is 180 Å². The molecule has 30 heavy (non-hydrogen) atoms. The minimum Gasteiger partial charge on any atom is -0.452 e. The molecule has 3 rings (SSSR count). The second-order valence-corrected chi connectivity index (χ2v) is 8.32. The van der Waals surface area contributed by atoms with Crippen molar-refractivity contribution in [2.75, 3.05) is 18.4 Å². The summed E-state index contributed by atoms with van der Waals surface area (Å²) < 4.78 is 5.36. The average Bonchev–Trinajstić information content (AvgIpc) is 3.22. The van der Waals surface area contributed by atoms with Crippen molar-refractivity contribution < 1.29 is 19.1 Å². The Bertz CT molecular complexity index is 909. The summed E-state index contributed by atoms with van der Waals surface area (Å²) in [6.45, 7) is 6.13. The van der Waals surface area contributed by atoms with Gasteiger partial charge in [-0.15, -0.1) is 11.3 Å². The minimum absolute atomic E-state index is 0.0535. The Morgan fingerprint density at radius 2 is 2.03 bits per heavy atom. The molecule has 0 radical (unpaired) electrons. The van der Waals surface area contributed by atoms with Gasteiger partial charge in [0.05, 0.1) is 11.6 Å². The van der Waals surface area contributed by atoms with Crippen LogP contribution in [-0.2, 0) is 25.5 Å². The van der Waals surface area contributed by atoms with Gasteiger partial charge in [-0.25, -0.2) is 4.98 Å². The number of likely N-dealkylation sites (tertiary alicyclic amines) is 1. The fourth-order valence-corrected chi connectivity index (χ4v) is 4.08. The molecule has 160 valence electrons. The lowest BCUT2D eigenvalue weighted by atomic mass is 9.98. The van der Waals surface area contributed by atoms with Crippen LogP contribution in [-0.4, -0.2) is 46.9 Å². The molecule has 0 aliphatic carbocycles. The molecule has 2 atom stereocenters. The highest BCUT2D eigenvalue weighted by Crippen LogP contribution is 2.25. The van der Waals surface area contributed by atoms with Gasteiger partial charge in [0.2, 0.25) is 5.91 Å². The Balaban J connectivity index is 1.54. The maximum Gasteiger partial charge on any atom is 0.311 e. The summed E-state index contributed by atoms with van der Waals surface area (Å²) in [4.78, 5) is 42.5. The molecule has 8 heteroatoms. The van der Waals surface area contributed by atoms with Crippen molar-refractivity contribution in [1.82, 2.24) is 9.88 Å². The number of ether oxygens (including phenoxy) is 1. The molecule has 0 unspecified atom stereocenters. The molecule has 1 saturated heterocycles. The van der Waals surface area contributed by atoms with Gasteiger partial charge in [0, 0.05) is 31.0 Å². The summed E-state index contributed by atoms with van der Waals surface area (Å²) in [5.41, 5.74) is 3.02. The fraction of sp³-hybridized carbons (Fsp3) is 0.455. The molecule has 0 spiro atoms. The van der Waals surface area contributed by atoms with E-state index < -0.39 is 23.9 Å². The normalized spacial score (nSPS) is 17.3. The van der Waals surface area contributed by atoms with Crippen LogP contribution in [0.5, 0.6) is 0 Å². The van der Waals surface area contributed by atoms with Gasteiger partial charge >= 0.3 is 5.97 Å². The smallest absolute Gasteiger partial charge is 0.311 e. The van der Waals surface area contributed by atoms with Gasteiger partial charge in [-0.05, 0) is 31.7 Å². The summed E-state index contributed by atoms with van der Waals surface area (Å²) in [6.07, 6.45) is 1.44. The van der Waals surface area contributed by atoms with Gasteiger partial charge in [0.15, 0.2) is 11.2 Å². The van der Waals surface area contributed by atoms with Crippen molar-refractivity contribution in [1.29, 1.82) is 0 Å². The van der Waals surface area contributed by atoms with Gasteiger partial charge in [-0.2, -0.15) is 0 Å². The van der Waals surface area contributed by atoms with Gasteiger partial charge in [0.25, 0.3) is 5.91 Å². The van der Waals surface area contributed by atoms with E-state index in [1.165, 1.54) is 30.7 Å². The fourth-order valence-electron chi connectivity index (χ4n) is 3.36. The number of amides is 2. The van der Waals surface area contributed by atoms with E-state index in [1.54, 1.807) is 4.90 Å². The third-order valence-electron chi connectivity index (χ3n) is 5.25. The lowest BCUT2D eigenvalue weighted by Crippen LogP contribution is -2.43. The number of aromatic nitrogens is 1. The zero-order valence-corrected chi connectivity index (χ0v) is 18.3. The van der Waals surface area contributed by atoms with Crippen molar-refractivity contribution in [2.45, 2.75) is 46.1 Å². The highest BCUT2D eigenvalue weighted by atomic mass is 32.1. The number of esters is 1. The molecule has 1 aromatic heterocycles. The van der Waals surface area contributed by atoms with Crippen molar-refractivity contribution in [3.8, 4) is 11.3 Å². The number of nitrogens with one attached hydrogen (secondary N) is 1. The van der Waals surface area contributed by atoms with E-state index in [2.05, 4.69) is 29.4 Å². The van der Waals surface area contributed by atoms with E-state index in [1.807, 2.05) is 17.5 Å². The average molecular weight is 430 g/mol. The Kier molecular flexibility index (Phi) is 7.20. The molecule has 2 amide bonds. The second-order valence-electron chi connectivity index (χ2n) is 7.46. The maximum absolute atomic E-state index is 12.4. The first-order chi connectivity index (χ1) is 14.4. The topological polar surface area (TPSA) is 88.6 Å². The molecular formula is C22H27N3O4S. The number of rotatable bonds is 6. The second kappa shape index (κ2) is 9.84. The van der Waals surface area contributed by atoms with Gasteiger partial charge in [-0.1, -0.05) is 31.2 Å². The molecule has 0 saturated carbocycles. The standard InChI is InChI=1S/C22H27N3O4S/c1-4-16-7-9-17(10-8-16)19-13-30-22(23-19)24-20(27)14(2)29-21(28)18-6-5-11-25(12-18)15(3)26/h7-10,13-14,18H,4-6,11-12H2,1-3H3,(H,23,24,27)/t14-,18-/m1/s1. The minimum atomic E-state index is -0.943. The number of hydrogen-bond acceptors (Lipinski definition) is 6. The first-order valence-corrected chi connectivity index (χ1v) is 11.1. The molecular weight excluding hydrogens is 402 g/mol. The zero-order chi connectivity index (χ0) is 21.7. The number of carbonyl (C=O) groups is 3. The number of nitrogens with zero attached hydrogens (tertiary/aromatic N) is 2. The number of aryl methyl sites for hydroxylation is 1. The van der Waals surface area contributed by atoms with Crippen LogP contribution in [0.1, 0.15) is 39.2 Å². The van der Waals surface area contributed by atoms with Crippen LogP contribution in [0.4, 0.5) is 5.13 Å². The number of benzene rings is 1.